The van der Waals surface area contributed by atoms with E-state index in [1.807, 2.05) is 30.3 Å². The molecular weight excluding hydrogens is 318 g/mol. The number of nitrogens with zero attached hydrogens (tertiary/aromatic N) is 1. The average Bonchev–Trinajstić information content (AvgIpc) is 2.58. The molecule has 132 valence electrons. The maximum atomic E-state index is 12.6. The molecule has 1 atom stereocenters. The van der Waals surface area contributed by atoms with Crippen LogP contribution in [0.2, 0.25) is 0 Å². The average molecular weight is 341 g/mol. The third-order valence-corrected chi connectivity index (χ3v) is 3.27. The highest BCUT2D eigenvalue weighted by Crippen LogP contribution is 2.15. The van der Waals surface area contributed by atoms with Crippen LogP contribution in [-0.4, -0.2) is 22.6 Å². The lowest BCUT2D eigenvalue weighted by Crippen LogP contribution is -2.42. The summed E-state index contributed by atoms with van der Waals surface area (Å²) in [6.07, 6.45) is 2.69. The first-order valence-electron chi connectivity index (χ1n) is 8.06. The molecule has 1 aromatic heterocycles. The number of aromatic nitrogens is 1. The van der Waals surface area contributed by atoms with Crippen LogP contribution in [0.25, 0.3) is 0 Å². The number of amides is 2. The van der Waals surface area contributed by atoms with Gasteiger partial charge in [0.1, 0.15) is 11.6 Å². The van der Waals surface area contributed by atoms with Crippen LogP contribution in [0, 0.1) is 0 Å². The normalized spacial score (nSPS) is 12.1. The second-order valence-electron chi connectivity index (χ2n) is 6.56. The zero-order chi connectivity index (χ0) is 18.3. The van der Waals surface area contributed by atoms with E-state index in [-0.39, 0.29) is 5.91 Å². The Hall–Kier alpha value is -2.89. The van der Waals surface area contributed by atoms with Gasteiger partial charge in [-0.3, -0.25) is 9.78 Å². The highest BCUT2D eigenvalue weighted by Gasteiger charge is 2.25. The van der Waals surface area contributed by atoms with Crippen molar-refractivity contribution >= 4 is 12.0 Å². The van der Waals surface area contributed by atoms with Gasteiger partial charge in [-0.1, -0.05) is 30.3 Å². The van der Waals surface area contributed by atoms with Gasteiger partial charge < -0.3 is 15.4 Å². The molecule has 2 rings (SSSR count). The third-order valence-electron chi connectivity index (χ3n) is 3.27. The van der Waals surface area contributed by atoms with Crippen molar-refractivity contribution in [2.24, 2.45) is 0 Å². The van der Waals surface area contributed by atoms with Crippen LogP contribution in [0.5, 0.6) is 0 Å². The minimum Gasteiger partial charge on any atom is -0.444 e. The minimum absolute atomic E-state index is 0.311. The lowest BCUT2D eigenvalue weighted by Gasteiger charge is -2.23. The number of rotatable bonds is 5. The van der Waals surface area contributed by atoms with Crippen molar-refractivity contribution in [2.75, 3.05) is 0 Å². The molecular formula is C19H23N3O3. The standard InChI is InChI=1S/C19H23N3O3/c1-19(2,3)25-18(24)22-16(15-7-5-4-6-8-15)17(23)21-13-14-9-11-20-12-10-14/h4-12,16H,13H2,1-3H3,(H,21,23)(H,22,24)/t16-/m0/s1. The minimum atomic E-state index is -0.835. The first-order valence-corrected chi connectivity index (χ1v) is 8.06. The van der Waals surface area contributed by atoms with E-state index in [1.54, 1.807) is 45.3 Å². The van der Waals surface area contributed by atoms with Gasteiger partial charge in [-0.2, -0.15) is 0 Å². The lowest BCUT2D eigenvalue weighted by atomic mass is 10.1. The number of hydrogen-bond acceptors (Lipinski definition) is 4. The van der Waals surface area contributed by atoms with Crippen LogP contribution in [0.15, 0.2) is 54.9 Å². The maximum absolute atomic E-state index is 12.6. The number of ether oxygens (including phenoxy) is 1. The molecule has 2 amide bonds. The van der Waals surface area contributed by atoms with Crippen molar-refractivity contribution in [2.45, 2.75) is 39.0 Å². The largest absolute Gasteiger partial charge is 0.444 e. The van der Waals surface area contributed by atoms with Crippen molar-refractivity contribution in [3.8, 4) is 0 Å². The summed E-state index contributed by atoms with van der Waals surface area (Å²) in [7, 11) is 0. The van der Waals surface area contributed by atoms with E-state index < -0.39 is 17.7 Å². The number of alkyl carbamates (subject to hydrolysis) is 1. The smallest absolute Gasteiger partial charge is 0.408 e. The van der Waals surface area contributed by atoms with Gasteiger partial charge in [0.05, 0.1) is 0 Å². The number of nitrogens with one attached hydrogen (secondary N) is 2. The Balaban J connectivity index is 2.08. The van der Waals surface area contributed by atoms with E-state index in [9.17, 15) is 9.59 Å². The zero-order valence-corrected chi connectivity index (χ0v) is 14.7. The van der Waals surface area contributed by atoms with Gasteiger partial charge >= 0.3 is 6.09 Å². The predicted molar refractivity (Wildman–Crippen MR) is 94.6 cm³/mol. The summed E-state index contributed by atoms with van der Waals surface area (Å²) in [6, 6.07) is 11.9. The third kappa shape index (κ3) is 6.25. The molecule has 0 radical (unpaired) electrons. The topological polar surface area (TPSA) is 80.3 Å². The van der Waals surface area contributed by atoms with Crippen molar-refractivity contribution < 1.29 is 14.3 Å². The molecule has 2 aromatic rings. The number of carbonyl (C=O) groups is 2. The highest BCUT2D eigenvalue weighted by atomic mass is 16.6. The zero-order valence-electron chi connectivity index (χ0n) is 14.7. The van der Waals surface area contributed by atoms with Crippen LogP contribution in [-0.2, 0) is 16.1 Å². The second kappa shape index (κ2) is 8.28. The van der Waals surface area contributed by atoms with Gasteiger partial charge in [-0.15, -0.1) is 0 Å². The molecule has 0 aliphatic heterocycles. The molecule has 1 heterocycles. The molecule has 6 heteroatoms. The monoisotopic (exact) mass is 341 g/mol. The Morgan fingerprint density at radius 1 is 1.08 bits per heavy atom. The molecule has 0 spiro atoms. The number of pyridine rings is 1. The molecule has 0 bridgehead atoms. The number of benzene rings is 1. The number of carbonyl (C=O) groups excluding carboxylic acids is 2. The molecule has 6 nitrogen and oxygen atoms in total. The summed E-state index contributed by atoms with van der Waals surface area (Å²) in [5.74, 6) is -0.311. The summed E-state index contributed by atoms with van der Waals surface area (Å²) in [5.41, 5.74) is 0.965. The van der Waals surface area contributed by atoms with Crippen molar-refractivity contribution in [1.29, 1.82) is 0 Å². The van der Waals surface area contributed by atoms with Crippen LogP contribution < -0.4 is 10.6 Å². The molecule has 0 saturated heterocycles. The fourth-order valence-corrected chi connectivity index (χ4v) is 2.16. The highest BCUT2D eigenvalue weighted by molar-refractivity contribution is 5.86. The van der Waals surface area contributed by atoms with Crippen LogP contribution in [0.1, 0.15) is 37.9 Å². The predicted octanol–water partition coefficient (Wildman–Crippen LogP) is 2.96. The van der Waals surface area contributed by atoms with E-state index in [4.69, 9.17) is 4.74 Å². The number of hydrogen-bond donors (Lipinski definition) is 2. The van der Waals surface area contributed by atoms with E-state index in [1.165, 1.54) is 0 Å². The molecule has 0 saturated carbocycles. The Bertz CT molecular complexity index is 697. The molecule has 0 aliphatic rings. The summed E-state index contributed by atoms with van der Waals surface area (Å²) in [6.45, 7) is 5.66. The van der Waals surface area contributed by atoms with Crippen molar-refractivity contribution in [3.05, 3.63) is 66.0 Å². The van der Waals surface area contributed by atoms with E-state index in [0.29, 0.717) is 12.1 Å². The first kappa shape index (κ1) is 18.4. The molecule has 0 unspecified atom stereocenters. The van der Waals surface area contributed by atoms with Gasteiger partial charge in [0.2, 0.25) is 5.91 Å². The lowest BCUT2D eigenvalue weighted by molar-refractivity contribution is -0.123. The van der Waals surface area contributed by atoms with Crippen LogP contribution in [0.3, 0.4) is 0 Å². The fraction of sp³-hybridized carbons (Fsp3) is 0.316. The van der Waals surface area contributed by atoms with Crippen LogP contribution in [0.4, 0.5) is 4.79 Å². The summed E-state index contributed by atoms with van der Waals surface area (Å²) >= 11 is 0. The summed E-state index contributed by atoms with van der Waals surface area (Å²) in [4.78, 5) is 28.7. The van der Waals surface area contributed by atoms with Crippen molar-refractivity contribution in [1.82, 2.24) is 15.6 Å². The second-order valence-corrected chi connectivity index (χ2v) is 6.56. The van der Waals surface area contributed by atoms with Gasteiger partial charge in [0.15, 0.2) is 0 Å². The van der Waals surface area contributed by atoms with Gasteiger partial charge in [0.25, 0.3) is 0 Å². The van der Waals surface area contributed by atoms with E-state index in [2.05, 4.69) is 15.6 Å². The van der Waals surface area contributed by atoms with E-state index >= 15 is 0 Å². The first-order chi connectivity index (χ1) is 11.8. The van der Waals surface area contributed by atoms with E-state index in [0.717, 1.165) is 5.56 Å². The van der Waals surface area contributed by atoms with Gasteiger partial charge in [-0.25, -0.2) is 4.79 Å². The molecule has 25 heavy (non-hydrogen) atoms. The molecule has 1 aromatic carbocycles. The fourth-order valence-electron chi connectivity index (χ4n) is 2.16. The van der Waals surface area contributed by atoms with Crippen LogP contribution >= 0.6 is 0 Å². The molecule has 2 N–H and O–H groups in total. The Morgan fingerprint density at radius 2 is 1.72 bits per heavy atom. The van der Waals surface area contributed by atoms with Gasteiger partial charge in [-0.05, 0) is 44.0 Å². The SMILES string of the molecule is CC(C)(C)OC(=O)N[C@H](C(=O)NCc1ccncc1)c1ccccc1. The quantitative estimate of drug-likeness (QED) is 0.876. The summed E-state index contributed by atoms with van der Waals surface area (Å²) < 4.78 is 5.26. The van der Waals surface area contributed by atoms with Crippen molar-refractivity contribution in [3.63, 3.8) is 0 Å². The maximum Gasteiger partial charge on any atom is 0.408 e. The Morgan fingerprint density at radius 3 is 2.32 bits per heavy atom. The molecule has 0 aliphatic carbocycles. The summed E-state index contributed by atoms with van der Waals surface area (Å²) in [5, 5.41) is 5.47. The Labute approximate surface area is 147 Å². The Kier molecular flexibility index (Phi) is 6.11. The molecule has 0 fully saturated rings. The van der Waals surface area contributed by atoms with Gasteiger partial charge in [0, 0.05) is 18.9 Å².